The van der Waals surface area contributed by atoms with E-state index in [2.05, 4.69) is 37.9 Å². The van der Waals surface area contributed by atoms with E-state index in [1.54, 1.807) is 7.11 Å². The van der Waals surface area contributed by atoms with E-state index in [1.165, 1.54) is 5.57 Å². The minimum absolute atomic E-state index is 0.116. The summed E-state index contributed by atoms with van der Waals surface area (Å²) >= 11 is 0. The lowest BCUT2D eigenvalue weighted by Crippen LogP contribution is -2.35. The molecule has 1 aromatic rings. The average molecular weight is 255 g/mol. The molecule has 0 spiro atoms. The van der Waals surface area contributed by atoms with Gasteiger partial charge in [0.2, 0.25) is 0 Å². The zero-order valence-electron chi connectivity index (χ0n) is 12.0. The van der Waals surface area contributed by atoms with Gasteiger partial charge in [-0.25, -0.2) is 0 Å². The fraction of sp³-hybridized carbons (Fsp3) is 0.353. The molecule has 1 atom stereocenters. The van der Waals surface area contributed by atoms with Crippen molar-refractivity contribution in [1.29, 1.82) is 0 Å². The van der Waals surface area contributed by atoms with E-state index in [0.717, 1.165) is 11.4 Å². The van der Waals surface area contributed by atoms with Gasteiger partial charge < -0.3 is 10.1 Å². The summed E-state index contributed by atoms with van der Waals surface area (Å²) in [5.41, 5.74) is 5.71. The molecule has 0 amide bonds. The quantitative estimate of drug-likeness (QED) is 0.815. The van der Waals surface area contributed by atoms with Gasteiger partial charge in [0, 0.05) is 11.3 Å². The van der Waals surface area contributed by atoms with Crippen LogP contribution < -0.4 is 10.1 Å². The smallest absolute Gasteiger partial charge is 0.119 e. The molecular weight excluding hydrogens is 234 g/mol. The van der Waals surface area contributed by atoms with Gasteiger partial charge in [-0.2, -0.15) is 0 Å². The van der Waals surface area contributed by atoms with Gasteiger partial charge in [0.05, 0.1) is 13.2 Å². The Morgan fingerprint density at radius 2 is 1.84 bits per heavy atom. The van der Waals surface area contributed by atoms with Gasteiger partial charge in [0.25, 0.3) is 0 Å². The third-order valence-corrected chi connectivity index (χ3v) is 3.20. The molecule has 0 bridgehead atoms. The predicted molar refractivity (Wildman–Crippen MR) is 80.6 cm³/mol. The molecule has 19 heavy (non-hydrogen) atoms. The van der Waals surface area contributed by atoms with Gasteiger partial charge in [-0.3, -0.25) is 0 Å². The van der Waals surface area contributed by atoms with Crippen molar-refractivity contribution in [3.8, 4) is 5.75 Å². The van der Waals surface area contributed by atoms with Crippen LogP contribution in [-0.2, 0) is 0 Å². The summed E-state index contributed by atoms with van der Waals surface area (Å²) in [6, 6.07) is 8.25. The number of hydrogen-bond donors (Lipinski definition) is 1. The first-order valence-corrected chi connectivity index (χ1v) is 6.54. The summed E-state index contributed by atoms with van der Waals surface area (Å²) < 4.78 is 5.18. The molecule has 1 N–H and O–H groups in total. The fourth-order valence-electron chi connectivity index (χ4n) is 2.14. The van der Waals surface area contributed by atoms with Crippen LogP contribution in [0.25, 0.3) is 0 Å². The van der Waals surface area contributed by atoms with Gasteiger partial charge in [-0.1, -0.05) is 26.8 Å². The van der Waals surface area contributed by atoms with Crippen molar-refractivity contribution >= 4 is 5.69 Å². The normalized spacial score (nSPS) is 15.3. The van der Waals surface area contributed by atoms with Crippen LogP contribution in [0.15, 0.2) is 53.8 Å². The summed E-state index contributed by atoms with van der Waals surface area (Å²) in [6.45, 7) is 6.69. The van der Waals surface area contributed by atoms with Gasteiger partial charge in [-0.05, 0) is 41.8 Å². The number of methoxy groups -OCH3 is 1. The Morgan fingerprint density at radius 1 is 1.16 bits per heavy atom. The minimum Gasteiger partial charge on any atom is -0.497 e. The monoisotopic (exact) mass is 255 g/mol. The minimum atomic E-state index is 0.116. The number of ether oxygens (including phenoxy) is 1. The van der Waals surface area contributed by atoms with E-state index in [-0.39, 0.29) is 11.5 Å². The number of allylic oxidation sites excluding steroid dienone is 1. The molecule has 0 saturated carbocycles. The van der Waals surface area contributed by atoms with Crippen LogP contribution in [-0.4, -0.2) is 13.2 Å². The summed E-state index contributed by atoms with van der Waals surface area (Å²) in [7, 11) is 1.68. The molecule has 0 aromatic heterocycles. The van der Waals surface area contributed by atoms with Crippen molar-refractivity contribution in [3.63, 3.8) is 0 Å². The Bertz CT molecular complexity index is 525. The van der Waals surface area contributed by atoms with E-state index in [4.69, 9.17) is 4.74 Å². The Hall–Kier alpha value is -1.92. The lowest BCUT2D eigenvalue weighted by Gasteiger charge is -2.32. The van der Waals surface area contributed by atoms with Crippen LogP contribution in [0.5, 0.6) is 5.75 Å². The van der Waals surface area contributed by atoms with Crippen molar-refractivity contribution < 1.29 is 4.74 Å². The van der Waals surface area contributed by atoms with Crippen molar-refractivity contribution in [2.24, 2.45) is 5.41 Å². The zero-order chi connectivity index (χ0) is 13.9. The molecule has 0 fully saturated rings. The lowest BCUT2D eigenvalue weighted by atomic mass is 9.82. The summed E-state index contributed by atoms with van der Waals surface area (Å²) in [4.78, 5) is 0. The standard InChI is InChI=1S/C17H21NO/c1-17(2,3)16(13-7-5-6-8-13)18-14-9-11-15(19-4)12-10-14/h5-7,9-12,16,18H,1-4H3/t16-/m0/s1. The first-order valence-electron chi connectivity index (χ1n) is 6.54. The maximum absolute atomic E-state index is 5.18. The number of nitrogens with one attached hydrogen (secondary N) is 1. The summed E-state index contributed by atoms with van der Waals surface area (Å²) in [5.74, 6) is 0.873. The van der Waals surface area contributed by atoms with E-state index < -0.39 is 0 Å². The van der Waals surface area contributed by atoms with E-state index in [9.17, 15) is 0 Å². The first kappa shape index (κ1) is 13.5. The molecule has 0 radical (unpaired) electrons. The number of hydrogen-bond acceptors (Lipinski definition) is 2. The Kier molecular flexibility index (Phi) is 3.82. The second kappa shape index (κ2) is 5.38. The highest BCUT2D eigenvalue weighted by molar-refractivity contribution is 5.51. The first-order chi connectivity index (χ1) is 9.00. The van der Waals surface area contributed by atoms with Crippen LogP contribution in [0.2, 0.25) is 0 Å². The van der Waals surface area contributed by atoms with Gasteiger partial charge in [0.15, 0.2) is 0 Å². The highest BCUT2D eigenvalue weighted by Crippen LogP contribution is 2.30. The number of anilines is 1. The Morgan fingerprint density at radius 3 is 2.32 bits per heavy atom. The predicted octanol–water partition coefficient (Wildman–Crippen LogP) is 4.17. The topological polar surface area (TPSA) is 21.3 Å². The zero-order valence-corrected chi connectivity index (χ0v) is 12.0. The van der Waals surface area contributed by atoms with Gasteiger partial charge in [0.1, 0.15) is 5.75 Å². The number of benzene rings is 1. The van der Waals surface area contributed by atoms with Gasteiger partial charge >= 0.3 is 0 Å². The van der Waals surface area contributed by atoms with E-state index in [1.807, 2.05) is 36.4 Å². The molecule has 0 heterocycles. The molecule has 0 aliphatic heterocycles. The van der Waals surface area contributed by atoms with Crippen molar-refractivity contribution in [1.82, 2.24) is 0 Å². The molecule has 1 aromatic carbocycles. The summed E-state index contributed by atoms with van der Waals surface area (Å²) in [5, 5.41) is 3.59. The van der Waals surface area contributed by atoms with Crippen molar-refractivity contribution in [2.75, 3.05) is 12.4 Å². The second-order valence-corrected chi connectivity index (χ2v) is 5.80. The maximum Gasteiger partial charge on any atom is 0.119 e. The van der Waals surface area contributed by atoms with Crippen LogP contribution in [0, 0.1) is 5.41 Å². The fourth-order valence-corrected chi connectivity index (χ4v) is 2.14. The van der Waals surface area contributed by atoms with Crippen LogP contribution in [0.1, 0.15) is 20.8 Å². The molecule has 1 aliphatic rings. The molecule has 0 unspecified atom stereocenters. The molecule has 0 saturated heterocycles. The third-order valence-electron chi connectivity index (χ3n) is 3.20. The SMILES string of the molecule is COc1ccc(N[C@@H](C2=C=CC=C2)C(C)(C)C)cc1. The van der Waals surface area contributed by atoms with Crippen LogP contribution >= 0.6 is 0 Å². The van der Waals surface area contributed by atoms with Crippen LogP contribution in [0.4, 0.5) is 5.69 Å². The highest BCUT2D eigenvalue weighted by Gasteiger charge is 2.27. The maximum atomic E-state index is 5.18. The molecular formula is C17H21NO. The van der Waals surface area contributed by atoms with Gasteiger partial charge in [-0.15, -0.1) is 5.73 Å². The van der Waals surface area contributed by atoms with Crippen molar-refractivity contribution in [2.45, 2.75) is 26.8 Å². The molecule has 2 rings (SSSR count). The van der Waals surface area contributed by atoms with Crippen LogP contribution in [0.3, 0.4) is 0 Å². The molecule has 2 heteroatoms. The van der Waals surface area contributed by atoms with E-state index >= 15 is 0 Å². The third kappa shape index (κ3) is 3.30. The largest absolute Gasteiger partial charge is 0.497 e. The summed E-state index contributed by atoms with van der Waals surface area (Å²) in [6.07, 6.45) is 6.11. The van der Waals surface area contributed by atoms with Crippen molar-refractivity contribution in [3.05, 3.63) is 53.8 Å². The molecule has 1 aliphatic carbocycles. The Balaban J connectivity index is 2.20. The number of rotatable bonds is 4. The van der Waals surface area contributed by atoms with E-state index in [0.29, 0.717) is 0 Å². The molecule has 100 valence electrons. The average Bonchev–Trinajstić information content (AvgIpc) is 2.88. The lowest BCUT2D eigenvalue weighted by molar-refractivity contribution is 0.377. The second-order valence-electron chi connectivity index (χ2n) is 5.80. The highest BCUT2D eigenvalue weighted by atomic mass is 16.5. The Labute approximate surface area is 115 Å². The molecule has 2 nitrogen and oxygen atoms in total.